The summed E-state index contributed by atoms with van der Waals surface area (Å²) in [5.74, 6) is 0. The number of rotatable bonds is 2. The monoisotopic (exact) mass is 298 g/mol. The van der Waals surface area contributed by atoms with Crippen molar-refractivity contribution in [3.8, 4) is 0 Å². The van der Waals surface area contributed by atoms with E-state index in [9.17, 15) is 0 Å². The molecule has 0 fully saturated rings. The molecule has 1 atom stereocenters. The lowest BCUT2D eigenvalue weighted by molar-refractivity contribution is 0.301. The van der Waals surface area contributed by atoms with Crippen LogP contribution in [0.2, 0.25) is 0 Å². The summed E-state index contributed by atoms with van der Waals surface area (Å²) in [6.07, 6.45) is 0. The number of hydrogen-bond donors (Lipinski definition) is 1. The maximum atomic E-state index is 9.14. The second-order valence-corrected chi connectivity index (χ2v) is 4.72. The molecular formula is C12H11IO. The SMILES string of the molecule is OCC(I)c1cccc2ccccc12. The predicted octanol–water partition coefficient (Wildman–Crippen LogP) is 3.31. The topological polar surface area (TPSA) is 20.2 Å². The van der Waals surface area contributed by atoms with Gasteiger partial charge in [-0.15, -0.1) is 0 Å². The fourth-order valence-corrected chi connectivity index (χ4v) is 2.17. The van der Waals surface area contributed by atoms with Gasteiger partial charge in [-0.3, -0.25) is 0 Å². The summed E-state index contributed by atoms with van der Waals surface area (Å²) in [4.78, 5) is 0. The smallest absolute Gasteiger partial charge is 0.0596 e. The van der Waals surface area contributed by atoms with Crippen molar-refractivity contribution >= 4 is 33.4 Å². The lowest BCUT2D eigenvalue weighted by Crippen LogP contribution is -1.95. The average Bonchev–Trinajstić information content (AvgIpc) is 2.27. The fourth-order valence-electron chi connectivity index (χ4n) is 1.62. The van der Waals surface area contributed by atoms with Crippen molar-refractivity contribution in [3.63, 3.8) is 0 Å². The maximum Gasteiger partial charge on any atom is 0.0596 e. The summed E-state index contributed by atoms with van der Waals surface area (Å²) in [6, 6.07) is 14.5. The molecule has 0 heterocycles. The molecule has 0 aromatic heterocycles. The number of aliphatic hydroxyl groups is 1. The highest BCUT2D eigenvalue weighted by atomic mass is 127. The van der Waals surface area contributed by atoms with Crippen LogP contribution in [0.3, 0.4) is 0 Å². The molecule has 0 spiro atoms. The van der Waals surface area contributed by atoms with Gasteiger partial charge in [0.2, 0.25) is 0 Å². The Hall–Kier alpha value is -0.610. The summed E-state index contributed by atoms with van der Waals surface area (Å²) in [5.41, 5.74) is 1.21. The second-order valence-electron chi connectivity index (χ2n) is 3.22. The molecule has 2 heteroatoms. The summed E-state index contributed by atoms with van der Waals surface area (Å²) in [6.45, 7) is 0.189. The normalized spacial score (nSPS) is 13.0. The first kappa shape index (κ1) is 9.93. The van der Waals surface area contributed by atoms with E-state index in [1.165, 1.54) is 16.3 Å². The third kappa shape index (κ3) is 1.77. The van der Waals surface area contributed by atoms with Crippen LogP contribution in [0.1, 0.15) is 9.49 Å². The Morgan fingerprint density at radius 3 is 2.57 bits per heavy atom. The summed E-state index contributed by atoms with van der Waals surface area (Å²) in [5, 5.41) is 11.6. The molecule has 72 valence electrons. The average molecular weight is 298 g/mol. The number of aliphatic hydroxyl groups excluding tert-OH is 1. The van der Waals surface area contributed by atoms with Gasteiger partial charge in [0.25, 0.3) is 0 Å². The van der Waals surface area contributed by atoms with Crippen molar-refractivity contribution < 1.29 is 5.11 Å². The van der Waals surface area contributed by atoms with Crippen molar-refractivity contribution in [3.05, 3.63) is 48.0 Å². The van der Waals surface area contributed by atoms with Gasteiger partial charge in [0, 0.05) is 0 Å². The molecule has 2 aromatic rings. The highest BCUT2D eigenvalue weighted by Gasteiger charge is 2.08. The first-order valence-electron chi connectivity index (χ1n) is 4.55. The zero-order chi connectivity index (χ0) is 9.97. The van der Waals surface area contributed by atoms with Crippen LogP contribution in [-0.2, 0) is 0 Å². The second kappa shape index (κ2) is 4.28. The lowest BCUT2D eigenvalue weighted by atomic mass is 10.0. The van der Waals surface area contributed by atoms with Gasteiger partial charge < -0.3 is 5.11 Å². The van der Waals surface area contributed by atoms with Crippen molar-refractivity contribution in [1.82, 2.24) is 0 Å². The molecule has 0 aliphatic carbocycles. The molecule has 0 saturated carbocycles. The summed E-state index contributed by atoms with van der Waals surface area (Å²) >= 11 is 2.27. The lowest BCUT2D eigenvalue weighted by Gasteiger charge is -2.10. The van der Waals surface area contributed by atoms with Gasteiger partial charge in [0.1, 0.15) is 0 Å². The predicted molar refractivity (Wildman–Crippen MR) is 67.8 cm³/mol. The van der Waals surface area contributed by atoms with Crippen molar-refractivity contribution in [2.45, 2.75) is 3.92 Å². The van der Waals surface area contributed by atoms with Crippen LogP contribution < -0.4 is 0 Å². The highest BCUT2D eigenvalue weighted by Crippen LogP contribution is 2.29. The van der Waals surface area contributed by atoms with Gasteiger partial charge in [-0.25, -0.2) is 0 Å². The van der Waals surface area contributed by atoms with Crippen LogP contribution in [0.25, 0.3) is 10.8 Å². The molecular weight excluding hydrogens is 287 g/mol. The minimum absolute atomic E-state index is 0.179. The van der Waals surface area contributed by atoms with E-state index in [2.05, 4.69) is 46.9 Å². The number of alkyl halides is 1. The Labute approximate surface area is 96.9 Å². The van der Waals surface area contributed by atoms with Crippen LogP contribution in [0.15, 0.2) is 42.5 Å². The van der Waals surface area contributed by atoms with Crippen LogP contribution >= 0.6 is 22.6 Å². The Morgan fingerprint density at radius 2 is 1.79 bits per heavy atom. The first-order chi connectivity index (χ1) is 6.83. The molecule has 0 aliphatic heterocycles. The molecule has 2 rings (SSSR count). The Morgan fingerprint density at radius 1 is 1.07 bits per heavy atom. The third-order valence-corrected chi connectivity index (χ3v) is 3.39. The van der Waals surface area contributed by atoms with Crippen molar-refractivity contribution in [1.29, 1.82) is 0 Å². The van der Waals surface area contributed by atoms with Crippen LogP contribution in [0.5, 0.6) is 0 Å². The molecule has 0 amide bonds. The minimum atomic E-state index is 0.179. The summed E-state index contributed by atoms with van der Waals surface area (Å²) in [7, 11) is 0. The van der Waals surface area contributed by atoms with Gasteiger partial charge in [-0.1, -0.05) is 65.1 Å². The minimum Gasteiger partial charge on any atom is -0.395 e. The zero-order valence-corrected chi connectivity index (χ0v) is 9.81. The molecule has 0 saturated heterocycles. The highest BCUT2D eigenvalue weighted by molar-refractivity contribution is 14.1. The van der Waals surface area contributed by atoms with E-state index in [0.29, 0.717) is 0 Å². The van der Waals surface area contributed by atoms with Crippen LogP contribution in [-0.4, -0.2) is 11.7 Å². The molecule has 1 unspecified atom stereocenters. The molecule has 1 N–H and O–H groups in total. The largest absolute Gasteiger partial charge is 0.395 e. The standard InChI is InChI=1S/C12H11IO/c13-12(8-14)11-7-3-5-9-4-1-2-6-10(9)11/h1-7,12,14H,8H2. The Balaban J connectivity index is 2.65. The Kier molecular flexibility index (Phi) is 3.03. The zero-order valence-electron chi connectivity index (χ0n) is 7.65. The van der Waals surface area contributed by atoms with Crippen molar-refractivity contribution in [2.24, 2.45) is 0 Å². The van der Waals surface area contributed by atoms with E-state index in [-0.39, 0.29) is 10.5 Å². The van der Waals surface area contributed by atoms with Gasteiger partial charge in [0.15, 0.2) is 0 Å². The number of benzene rings is 2. The first-order valence-corrected chi connectivity index (χ1v) is 5.80. The number of hydrogen-bond acceptors (Lipinski definition) is 1. The van der Waals surface area contributed by atoms with Crippen molar-refractivity contribution in [2.75, 3.05) is 6.61 Å². The van der Waals surface area contributed by atoms with E-state index in [0.717, 1.165) is 0 Å². The molecule has 14 heavy (non-hydrogen) atoms. The molecule has 0 aliphatic rings. The van der Waals surface area contributed by atoms with E-state index in [1.807, 2.05) is 18.2 Å². The van der Waals surface area contributed by atoms with Gasteiger partial charge in [0.05, 0.1) is 10.5 Å². The molecule has 0 radical (unpaired) electrons. The number of halogens is 1. The van der Waals surface area contributed by atoms with Crippen LogP contribution in [0, 0.1) is 0 Å². The molecule has 2 aromatic carbocycles. The van der Waals surface area contributed by atoms with E-state index >= 15 is 0 Å². The third-order valence-electron chi connectivity index (χ3n) is 2.32. The van der Waals surface area contributed by atoms with E-state index in [1.54, 1.807) is 0 Å². The van der Waals surface area contributed by atoms with Gasteiger partial charge in [-0.05, 0) is 16.3 Å². The van der Waals surface area contributed by atoms with Crippen LogP contribution in [0.4, 0.5) is 0 Å². The quantitative estimate of drug-likeness (QED) is 0.666. The molecule has 0 bridgehead atoms. The van der Waals surface area contributed by atoms with Gasteiger partial charge >= 0.3 is 0 Å². The van der Waals surface area contributed by atoms with E-state index < -0.39 is 0 Å². The van der Waals surface area contributed by atoms with E-state index in [4.69, 9.17) is 5.11 Å². The number of fused-ring (bicyclic) bond motifs is 1. The van der Waals surface area contributed by atoms with Gasteiger partial charge in [-0.2, -0.15) is 0 Å². The molecule has 1 nitrogen and oxygen atoms in total. The Bertz CT molecular complexity index is 434. The fraction of sp³-hybridized carbons (Fsp3) is 0.167. The maximum absolute atomic E-state index is 9.14. The summed E-state index contributed by atoms with van der Waals surface area (Å²) < 4.78 is 0.179.